The van der Waals surface area contributed by atoms with Crippen LogP contribution in [0.3, 0.4) is 0 Å². The Bertz CT molecular complexity index is 1140. The van der Waals surface area contributed by atoms with E-state index in [1.54, 1.807) is 7.11 Å². The molecule has 3 aromatic rings. The minimum absolute atomic E-state index is 0.0160. The largest absolute Gasteiger partial charge is 0.496 e. The molecule has 0 spiro atoms. The normalized spacial score (nSPS) is 24.0. The fourth-order valence-corrected chi connectivity index (χ4v) is 5.52. The minimum Gasteiger partial charge on any atom is -0.496 e. The van der Waals surface area contributed by atoms with Crippen molar-refractivity contribution < 1.29 is 9.53 Å². The summed E-state index contributed by atoms with van der Waals surface area (Å²) in [5.41, 5.74) is 5.17. The zero-order chi connectivity index (χ0) is 22.9. The maximum atomic E-state index is 12.6. The van der Waals surface area contributed by atoms with Crippen molar-refractivity contribution in [2.45, 2.75) is 31.7 Å². The van der Waals surface area contributed by atoms with Crippen molar-refractivity contribution in [1.82, 2.24) is 20.0 Å². The average Bonchev–Trinajstić information content (AvgIpc) is 3.24. The summed E-state index contributed by atoms with van der Waals surface area (Å²) in [5, 5.41) is 7.99. The smallest absolute Gasteiger partial charge is 0.251 e. The zero-order valence-electron chi connectivity index (χ0n) is 19.6. The predicted molar refractivity (Wildman–Crippen MR) is 130 cm³/mol. The number of amides is 1. The van der Waals surface area contributed by atoms with Gasteiger partial charge in [0.05, 0.1) is 12.8 Å². The lowest BCUT2D eigenvalue weighted by atomic mass is 9.74. The van der Waals surface area contributed by atoms with Gasteiger partial charge in [-0.1, -0.05) is 29.8 Å². The molecule has 6 rings (SSSR count). The molecule has 2 aromatic carbocycles. The quantitative estimate of drug-likeness (QED) is 0.624. The summed E-state index contributed by atoms with van der Waals surface area (Å²) in [6.45, 7) is 4.85. The molecule has 4 atom stereocenters. The van der Waals surface area contributed by atoms with Crippen molar-refractivity contribution in [3.8, 4) is 17.0 Å². The first-order valence-electron chi connectivity index (χ1n) is 11.8. The van der Waals surface area contributed by atoms with Crippen LogP contribution < -0.4 is 10.1 Å². The molecule has 1 unspecified atom stereocenters. The summed E-state index contributed by atoms with van der Waals surface area (Å²) >= 11 is 0. The van der Waals surface area contributed by atoms with Crippen LogP contribution in [0.2, 0.25) is 0 Å². The van der Waals surface area contributed by atoms with Gasteiger partial charge in [-0.05, 0) is 62.6 Å². The van der Waals surface area contributed by atoms with Crippen LogP contribution >= 0.6 is 0 Å². The number of aromatic nitrogens is 2. The third kappa shape index (κ3) is 4.27. The summed E-state index contributed by atoms with van der Waals surface area (Å²) in [5.74, 6) is 1.93. The second-order valence-corrected chi connectivity index (χ2v) is 9.39. The maximum absolute atomic E-state index is 12.6. The molecular weight excluding hydrogens is 412 g/mol. The molecular formula is C27H32N4O2. The monoisotopic (exact) mass is 444 g/mol. The van der Waals surface area contributed by atoms with Crippen LogP contribution in [0.5, 0.6) is 5.75 Å². The number of methoxy groups -OCH3 is 1. The fraction of sp³-hybridized carbons (Fsp3) is 0.407. The van der Waals surface area contributed by atoms with Crippen molar-refractivity contribution in [3.63, 3.8) is 0 Å². The number of carbonyl (C=O) groups is 1. The topological polar surface area (TPSA) is 59.4 Å². The third-order valence-corrected chi connectivity index (χ3v) is 7.37. The Labute approximate surface area is 195 Å². The molecule has 4 heterocycles. The lowest BCUT2D eigenvalue weighted by Gasteiger charge is -2.50. The summed E-state index contributed by atoms with van der Waals surface area (Å²) in [4.78, 5) is 15.1. The first kappa shape index (κ1) is 21.7. The summed E-state index contributed by atoms with van der Waals surface area (Å²) < 4.78 is 7.59. The van der Waals surface area contributed by atoms with E-state index in [0.717, 1.165) is 47.6 Å². The number of benzene rings is 2. The summed E-state index contributed by atoms with van der Waals surface area (Å²) in [6.07, 6.45) is 2.30. The predicted octanol–water partition coefficient (Wildman–Crippen LogP) is 4.01. The van der Waals surface area contributed by atoms with Crippen LogP contribution in [-0.2, 0) is 7.05 Å². The molecule has 0 saturated carbocycles. The van der Waals surface area contributed by atoms with E-state index in [2.05, 4.69) is 22.3 Å². The first-order chi connectivity index (χ1) is 16.0. The van der Waals surface area contributed by atoms with Crippen molar-refractivity contribution in [2.75, 3.05) is 26.7 Å². The van der Waals surface area contributed by atoms with Crippen molar-refractivity contribution in [2.24, 2.45) is 13.0 Å². The Hall–Kier alpha value is -3.12. The standard InChI is InChI=1S/C27H32N4O2/c1-18-8-10-19(11-9-18)27(32)28-16-21-14-20-12-13-31(21)17-23(20)25-15-24(29-30(25)2)22-6-4-5-7-26(22)33-3/h4-11,15,20-21,23H,12-14,16-17H2,1-3H3,(H,28,32)/t20-,21+,23-/m0/s1. The molecule has 6 nitrogen and oxygen atoms in total. The van der Waals surface area contributed by atoms with Crippen LogP contribution in [-0.4, -0.2) is 53.4 Å². The number of hydrogen-bond donors (Lipinski definition) is 1. The molecule has 1 aromatic heterocycles. The molecule has 33 heavy (non-hydrogen) atoms. The number of rotatable bonds is 6. The number of aryl methyl sites for hydroxylation is 2. The van der Waals surface area contributed by atoms with E-state index < -0.39 is 0 Å². The molecule has 3 saturated heterocycles. The SMILES string of the molecule is COc1ccccc1-c1cc([C@H]2CN3CC[C@H]2C[C@@H]3CNC(=O)c2ccc(C)cc2)n(C)n1. The second kappa shape index (κ2) is 9.02. The molecule has 3 aliphatic heterocycles. The van der Waals surface area contributed by atoms with Crippen molar-refractivity contribution >= 4 is 5.91 Å². The molecule has 3 aliphatic rings. The van der Waals surface area contributed by atoms with Crippen LogP contribution in [0.15, 0.2) is 54.6 Å². The Morgan fingerprint density at radius 3 is 2.70 bits per heavy atom. The number of ether oxygens (including phenoxy) is 1. The highest BCUT2D eigenvalue weighted by atomic mass is 16.5. The van der Waals surface area contributed by atoms with Gasteiger partial charge in [-0.25, -0.2) is 0 Å². The zero-order valence-corrected chi connectivity index (χ0v) is 19.6. The summed E-state index contributed by atoms with van der Waals surface area (Å²) in [6, 6.07) is 18.5. The van der Waals surface area contributed by atoms with E-state index in [4.69, 9.17) is 9.84 Å². The lowest BCUT2D eigenvalue weighted by molar-refractivity contribution is 0.0280. The van der Waals surface area contributed by atoms with Gasteiger partial charge in [0.25, 0.3) is 5.91 Å². The van der Waals surface area contributed by atoms with Gasteiger partial charge in [-0.3, -0.25) is 14.4 Å². The molecule has 1 N–H and O–H groups in total. The van der Waals surface area contributed by atoms with Gasteiger partial charge in [0.15, 0.2) is 0 Å². The average molecular weight is 445 g/mol. The molecule has 3 fully saturated rings. The van der Waals surface area contributed by atoms with Gasteiger partial charge in [0.1, 0.15) is 5.75 Å². The van der Waals surface area contributed by atoms with Crippen molar-refractivity contribution in [3.05, 3.63) is 71.4 Å². The number of fused-ring (bicyclic) bond motifs is 3. The number of nitrogens with zero attached hydrogens (tertiary/aromatic N) is 3. The molecule has 0 radical (unpaired) electrons. The van der Waals surface area contributed by atoms with E-state index in [1.165, 1.54) is 12.1 Å². The van der Waals surface area contributed by atoms with Gasteiger partial charge in [-0.2, -0.15) is 5.10 Å². The second-order valence-electron chi connectivity index (χ2n) is 9.39. The van der Waals surface area contributed by atoms with E-state index in [1.807, 2.05) is 61.1 Å². The van der Waals surface area contributed by atoms with E-state index in [0.29, 0.717) is 24.4 Å². The van der Waals surface area contributed by atoms with Gasteiger partial charge in [0.2, 0.25) is 0 Å². The Kier molecular flexibility index (Phi) is 5.94. The van der Waals surface area contributed by atoms with E-state index in [9.17, 15) is 4.79 Å². The highest BCUT2D eigenvalue weighted by molar-refractivity contribution is 5.94. The lowest BCUT2D eigenvalue weighted by Crippen LogP contribution is -2.56. The minimum atomic E-state index is 0.0160. The highest BCUT2D eigenvalue weighted by Gasteiger charge is 2.42. The molecule has 2 bridgehead atoms. The fourth-order valence-electron chi connectivity index (χ4n) is 5.52. The Morgan fingerprint density at radius 1 is 1.18 bits per heavy atom. The summed E-state index contributed by atoms with van der Waals surface area (Å²) in [7, 11) is 3.75. The van der Waals surface area contributed by atoms with Gasteiger partial charge < -0.3 is 10.1 Å². The molecule has 0 aliphatic carbocycles. The van der Waals surface area contributed by atoms with Crippen LogP contribution in [0.1, 0.15) is 40.4 Å². The van der Waals surface area contributed by atoms with Gasteiger partial charge in [-0.15, -0.1) is 0 Å². The molecule has 1 amide bonds. The number of nitrogens with one attached hydrogen (secondary N) is 1. The van der Waals surface area contributed by atoms with Gasteiger partial charge in [0, 0.05) is 48.9 Å². The highest BCUT2D eigenvalue weighted by Crippen LogP contribution is 2.42. The Balaban J connectivity index is 1.27. The van der Waals surface area contributed by atoms with Crippen LogP contribution in [0.4, 0.5) is 0 Å². The van der Waals surface area contributed by atoms with Crippen LogP contribution in [0, 0.1) is 12.8 Å². The van der Waals surface area contributed by atoms with Gasteiger partial charge >= 0.3 is 0 Å². The molecule has 6 heteroatoms. The third-order valence-electron chi connectivity index (χ3n) is 7.37. The van der Waals surface area contributed by atoms with E-state index in [-0.39, 0.29) is 5.91 Å². The maximum Gasteiger partial charge on any atom is 0.251 e. The van der Waals surface area contributed by atoms with E-state index >= 15 is 0 Å². The first-order valence-corrected chi connectivity index (χ1v) is 11.8. The number of piperidine rings is 3. The number of hydrogen-bond acceptors (Lipinski definition) is 4. The van der Waals surface area contributed by atoms with Crippen LogP contribution in [0.25, 0.3) is 11.3 Å². The number of para-hydroxylation sites is 1. The number of carbonyl (C=O) groups excluding carboxylic acids is 1. The molecule has 172 valence electrons. The van der Waals surface area contributed by atoms with Crippen molar-refractivity contribution in [1.29, 1.82) is 0 Å². The Morgan fingerprint density at radius 2 is 1.97 bits per heavy atom.